The number of H-pyrrole nitrogens is 1. The summed E-state index contributed by atoms with van der Waals surface area (Å²) in [4.78, 5) is 43.9. The first kappa shape index (κ1) is 16.5. The van der Waals surface area contributed by atoms with Gasteiger partial charge in [0.15, 0.2) is 5.78 Å². The van der Waals surface area contributed by atoms with E-state index in [0.29, 0.717) is 36.3 Å². The Morgan fingerprint density at radius 2 is 2.19 bits per heavy atom. The van der Waals surface area contributed by atoms with Gasteiger partial charge in [0, 0.05) is 31.2 Å². The number of Topliss-reactive ketones (excluding diaryl/α,β-unsaturated/α-hetero) is 1. The molecule has 1 aliphatic carbocycles. The SMILES string of the molecule is COCCn1c(=O)[nH]c(=O)c2c3c(cnc21)C(=O)C[C@@H](c1ccco1)C3. The number of carbonyl (C=O) groups excluding carboxylic acids is 1. The van der Waals surface area contributed by atoms with Crippen molar-refractivity contribution in [3.63, 3.8) is 0 Å². The molecule has 0 unspecified atom stereocenters. The van der Waals surface area contributed by atoms with Gasteiger partial charge in [0.2, 0.25) is 0 Å². The van der Waals surface area contributed by atoms with Crippen LogP contribution in [0, 0.1) is 0 Å². The highest BCUT2D eigenvalue weighted by molar-refractivity contribution is 6.02. The van der Waals surface area contributed by atoms with Gasteiger partial charge in [0.05, 0.1) is 24.8 Å². The third-order valence-electron chi connectivity index (χ3n) is 4.76. The molecule has 3 aromatic rings. The average Bonchev–Trinajstić information content (AvgIpc) is 3.15. The molecule has 26 heavy (non-hydrogen) atoms. The molecular weight excluding hydrogens is 338 g/mol. The summed E-state index contributed by atoms with van der Waals surface area (Å²) in [5.74, 6) is 0.476. The number of aromatic amines is 1. The molecule has 3 heterocycles. The molecule has 0 spiro atoms. The van der Waals surface area contributed by atoms with Crippen LogP contribution in [0.3, 0.4) is 0 Å². The molecule has 0 aromatic carbocycles. The molecule has 0 fully saturated rings. The summed E-state index contributed by atoms with van der Waals surface area (Å²) >= 11 is 0. The van der Waals surface area contributed by atoms with Crippen molar-refractivity contribution in [2.45, 2.75) is 25.3 Å². The Kier molecular flexibility index (Phi) is 4.04. The van der Waals surface area contributed by atoms with E-state index in [-0.39, 0.29) is 29.3 Å². The van der Waals surface area contributed by atoms with Crippen molar-refractivity contribution < 1.29 is 13.9 Å². The maximum Gasteiger partial charge on any atom is 0.330 e. The largest absolute Gasteiger partial charge is 0.469 e. The molecule has 0 saturated carbocycles. The van der Waals surface area contributed by atoms with Gasteiger partial charge < -0.3 is 9.15 Å². The first-order valence-corrected chi connectivity index (χ1v) is 8.30. The van der Waals surface area contributed by atoms with Crippen LogP contribution in [0.4, 0.5) is 0 Å². The second kappa shape index (κ2) is 6.38. The Morgan fingerprint density at radius 1 is 1.35 bits per heavy atom. The zero-order valence-electron chi connectivity index (χ0n) is 14.2. The molecule has 8 nitrogen and oxygen atoms in total. The molecule has 0 amide bonds. The van der Waals surface area contributed by atoms with Gasteiger partial charge in [0.1, 0.15) is 11.4 Å². The summed E-state index contributed by atoms with van der Waals surface area (Å²) in [5, 5.41) is 0.280. The molecule has 1 N–H and O–H groups in total. The van der Waals surface area contributed by atoms with E-state index in [4.69, 9.17) is 9.15 Å². The van der Waals surface area contributed by atoms with Crippen LogP contribution in [0.2, 0.25) is 0 Å². The van der Waals surface area contributed by atoms with E-state index in [2.05, 4.69) is 9.97 Å². The standard InChI is InChI=1S/C18H17N3O5/c1-25-6-4-21-16-15(17(23)20-18(21)24)11-7-10(14-3-2-5-26-14)8-13(22)12(11)9-19-16/h2-3,5,9-10H,4,6-8H2,1H3,(H,20,23,24)/t10-/m0/s1. The maximum atomic E-state index is 12.6. The van der Waals surface area contributed by atoms with Crippen molar-refractivity contribution in [3.8, 4) is 0 Å². The van der Waals surface area contributed by atoms with Crippen LogP contribution in [0.5, 0.6) is 0 Å². The van der Waals surface area contributed by atoms with Gasteiger partial charge in [-0.3, -0.25) is 19.1 Å². The van der Waals surface area contributed by atoms with Crippen molar-refractivity contribution in [3.05, 3.63) is 62.3 Å². The van der Waals surface area contributed by atoms with E-state index in [1.807, 2.05) is 6.07 Å². The van der Waals surface area contributed by atoms with Crippen LogP contribution in [-0.2, 0) is 17.7 Å². The van der Waals surface area contributed by atoms with Gasteiger partial charge >= 0.3 is 5.69 Å². The molecule has 1 atom stereocenters. The normalized spacial score (nSPS) is 16.8. The lowest BCUT2D eigenvalue weighted by molar-refractivity contribution is 0.0960. The van der Waals surface area contributed by atoms with Crippen LogP contribution >= 0.6 is 0 Å². The number of ketones is 1. The van der Waals surface area contributed by atoms with E-state index < -0.39 is 11.2 Å². The molecule has 8 heteroatoms. The van der Waals surface area contributed by atoms with Gasteiger partial charge in [-0.15, -0.1) is 0 Å². The van der Waals surface area contributed by atoms with E-state index in [1.54, 1.807) is 12.3 Å². The highest BCUT2D eigenvalue weighted by Crippen LogP contribution is 2.34. The first-order chi connectivity index (χ1) is 12.6. The molecule has 0 radical (unpaired) electrons. The number of nitrogens with zero attached hydrogens (tertiary/aromatic N) is 2. The fourth-order valence-corrected chi connectivity index (χ4v) is 3.52. The summed E-state index contributed by atoms with van der Waals surface area (Å²) in [6, 6.07) is 3.60. The van der Waals surface area contributed by atoms with Crippen molar-refractivity contribution >= 4 is 16.8 Å². The molecule has 134 valence electrons. The number of fused-ring (bicyclic) bond motifs is 3. The van der Waals surface area contributed by atoms with Crippen molar-refractivity contribution in [2.24, 2.45) is 0 Å². The number of carbonyl (C=O) groups is 1. The lowest BCUT2D eigenvalue weighted by Gasteiger charge is -2.23. The van der Waals surface area contributed by atoms with Gasteiger partial charge in [0.25, 0.3) is 5.56 Å². The van der Waals surface area contributed by atoms with Crippen molar-refractivity contribution in [2.75, 3.05) is 13.7 Å². The first-order valence-electron chi connectivity index (χ1n) is 8.30. The quantitative estimate of drug-likeness (QED) is 0.754. The van der Waals surface area contributed by atoms with Crippen LogP contribution in [0.25, 0.3) is 11.0 Å². The Balaban J connectivity index is 1.94. The van der Waals surface area contributed by atoms with Gasteiger partial charge in [-0.1, -0.05) is 0 Å². The average molecular weight is 355 g/mol. The molecule has 3 aromatic heterocycles. The Labute approximate surface area is 147 Å². The number of pyridine rings is 1. The third kappa shape index (κ3) is 2.59. The lowest BCUT2D eigenvalue weighted by Crippen LogP contribution is -2.33. The van der Waals surface area contributed by atoms with Crippen LogP contribution < -0.4 is 11.2 Å². The minimum atomic E-state index is -0.545. The third-order valence-corrected chi connectivity index (χ3v) is 4.76. The number of hydrogen-bond donors (Lipinski definition) is 1. The second-order valence-corrected chi connectivity index (χ2v) is 6.30. The number of furan rings is 1. The Morgan fingerprint density at radius 3 is 2.92 bits per heavy atom. The van der Waals surface area contributed by atoms with E-state index in [0.717, 1.165) is 0 Å². The smallest absolute Gasteiger partial charge is 0.330 e. The monoisotopic (exact) mass is 355 g/mol. The summed E-state index contributed by atoms with van der Waals surface area (Å²) in [7, 11) is 1.53. The lowest BCUT2D eigenvalue weighted by atomic mass is 9.81. The summed E-state index contributed by atoms with van der Waals surface area (Å²) in [6.45, 7) is 0.553. The van der Waals surface area contributed by atoms with Crippen molar-refractivity contribution in [1.82, 2.24) is 14.5 Å². The maximum absolute atomic E-state index is 12.6. The highest BCUT2D eigenvalue weighted by atomic mass is 16.5. The predicted octanol–water partition coefficient (Wildman–Crippen LogP) is 1.24. The predicted molar refractivity (Wildman–Crippen MR) is 92.6 cm³/mol. The van der Waals surface area contributed by atoms with Gasteiger partial charge in [-0.2, -0.15) is 0 Å². The minimum Gasteiger partial charge on any atom is -0.469 e. The number of rotatable bonds is 4. The minimum absolute atomic E-state index is 0.0870. The summed E-state index contributed by atoms with van der Waals surface area (Å²) < 4.78 is 11.8. The van der Waals surface area contributed by atoms with E-state index in [9.17, 15) is 14.4 Å². The molecular formula is C18H17N3O5. The number of nitrogens with one attached hydrogen (secondary N) is 1. The topological polar surface area (TPSA) is 107 Å². The Hall–Kier alpha value is -3.00. The summed E-state index contributed by atoms with van der Waals surface area (Å²) in [5.41, 5.74) is 0.234. The van der Waals surface area contributed by atoms with Crippen molar-refractivity contribution in [1.29, 1.82) is 0 Å². The van der Waals surface area contributed by atoms with E-state index >= 15 is 0 Å². The fraction of sp³-hybridized carbons (Fsp3) is 0.333. The van der Waals surface area contributed by atoms with Gasteiger partial charge in [-0.05, 0) is 24.1 Å². The molecule has 4 rings (SSSR count). The molecule has 0 saturated heterocycles. The number of aromatic nitrogens is 3. The summed E-state index contributed by atoms with van der Waals surface area (Å²) in [6.07, 6.45) is 3.80. The molecule has 0 aliphatic heterocycles. The molecule has 0 bridgehead atoms. The van der Waals surface area contributed by atoms with Crippen LogP contribution in [-0.4, -0.2) is 34.0 Å². The number of methoxy groups -OCH3 is 1. The Bertz CT molecular complexity index is 1090. The zero-order valence-corrected chi connectivity index (χ0v) is 14.2. The highest BCUT2D eigenvalue weighted by Gasteiger charge is 2.31. The second-order valence-electron chi connectivity index (χ2n) is 6.30. The van der Waals surface area contributed by atoms with Gasteiger partial charge in [-0.25, -0.2) is 9.78 Å². The zero-order chi connectivity index (χ0) is 18.3. The van der Waals surface area contributed by atoms with Crippen LogP contribution in [0.1, 0.15) is 34.0 Å². The van der Waals surface area contributed by atoms with E-state index in [1.165, 1.54) is 17.9 Å². The van der Waals surface area contributed by atoms with Crippen LogP contribution in [0.15, 0.2) is 38.6 Å². The number of hydrogen-bond acceptors (Lipinski definition) is 6. The number of ether oxygens (including phenoxy) is 1. The molecule has 1 aliphatic rings. The fourth-order valence-electron chi connectivity index (χ4n) is 3.52.